The van der Waals surface area contributed by atoms with E-state index in [1.807, 2.05) is 17.9 Å². The van der Waals surface area contributed by atoms with Gasteiger partial charge in [0.1, 0.15) is 0 Å². The number of hydrogen-bond donors (Lipinski definition) is 2. The Bertz CT molecular complexity index is 1180. The number of hydrogen-bond acceptors (Lipinski definition) is 4. The van der Waals surface area contributed by atoms with Gasteiger partial charge in [-0.15, -0.1) is 0 Å². The van der Waals surface area contributed by atoms with Crippen molar-refractivity contribution in [2.45, 2.75) is 44.4 Å². The molecule has 0 unspecified atom stereocenters. The van der Waals surface area contributed by atoms with Crippen molar-refractivity contribution in [3.63, 3.8) is 0 Å². The maximum atomic E-state index is 13.3. The third-order valence-electron chi connectivity index (χ3n) is 7.18. The van der Waals surface area contributed by atoms with Crippen LogP contribution in [0.4, 0.5) is 13.2 Å². The van der Waals surface area contributed by atoms with E-state index in [9.17, 15) is 18.0 Å². The van der Waals surface area contributed by atoms with Crippen molar-refractivity contribution in [3.8, 4) is 0 Å². The molecule has 0 radical (unpaired) electrons. The Hall–Kier alpha value is -2.91. The lowest BCUT2D eigenvalue weighted by molar-refractivity contribution is -0.137. The van der Waals surface area contributed by atoms with Crippen molar-refractivity contribution in [3.05, 3.63) is 65.0 Å². The molecule has 35 heavy (non-hydrogen) atoms. The van der Waals surface area contributed by atoms with Gasteiger partial charge in [-0.05, 0) is 74.2 Å². The third-order valence-corrected chi connectivity index (χ3v) is 7.18. The summed E-state index contributed by atoms with van der Waals surface area (Å²) in [5, 5.41) is 3.39. The minimum absolute atomic E-state index is 0.0378. The van der Waals surface area contributed by atoms with Gasteiger partial charge in [0.25, 0.3) is 5.91 Å². The Kier molecular flexibility index (Phi) is 6.55. The average molecular weight is 486 g/mol. The Balaban J connectivity index is 1.22. The van der Waals surface area contributed by atoms with E-state index in [-0.39, 0.29) is 11.9 Å². The van der Waals surface area contributed by atoms with Crippen LogP contribution in [0.2, 0.25) is 0 Å². The third kappa shape index (κ3) is 5.21. The monoisotopic (exact) mass is 485 g/mol. The summed E-state index contributed by atoms with van der Waals surface area (Å²) < 4.78 is 38.4. The molecule has 2 saturated heterocycles. The van der Waals surface area contributed by atoms with E-state index >= 15 is 0 Å². The molecule has 5 rings (SSSR count). The van der Waals surface area contributed by atoms with Gasteiger partial charge in [0.2, 0.25) is 0 Å². The predicted octanol–water partition coefficient (Wildman–Crippen LogP) is 4.40. The molecular weight excluding hydrogens is 455 g/mol. The summed E-state index contributed by atoms with van der Waals surface area (Å²) in [5.41, 5.74) is 3.14. The molecule has 1 atom stereocenters. The number of benzene rings is 2. The number of rotatable bonds is 4. The largest absolute Gasteiger partial charge is 0.416 e. The second kappa shape index (κ2) is 9.62. The number of aromatic nitrogens is 2. The van der Waals surface area contributed by atoms with Crippen LogP contribution in [0.5, 0.6) is 0 Å². The first-order valence-electron chi connectivity index (χ1n) is 12.2. The van der Waals surface area contributed by atoms with E-state index in [1.54, 1.807) is 0 Å². The summed E-state index contributed by atoms with van der Waals surface area (Å²) in [6.45, 7) is 6.43. The molecule has 2 fully saturated rings. The SMILES string of the molecule is C[C@H]1CN(Cc2ccc(C(F)(F)F)cc2)CCN1C(=O)c1nc2cc(C3CCNCC3)ccc2[nH]1. The fraction of sp³-hybridized carbons (Fsp3) is 0.462. The van der Waals surface area contributed by atoms with Crippen LogP contribution in [0.1, 0.15) is 53.0 Å². The lowest BCUT2D eigenvalue weighted by atomic mass is 9.90. The number of amides is 1. The van der Waals surface area contributed by atoms with Crippen LogP contribution in [-0.4, -0.2) is 64.4 Å². The summed E-state index contributed by atoms with van der Waals surface area (Å²) in [6.07, 6.45) is -2.11. The number of piperazine rings is 1. The number of carbonyl (C=O) groups is 1. The van der Waals surface area contributed by atoms with Crippen molar-refractivity contribution in [1.82, 2.24) is 25.1 Å². The van der Waals surface area contributed by atoms with Gasteiger partial charge in [-0.3, -0.25) is 9.69 Å². The van der Waals surface area contributed by atoms with Crippen LogP contribution in [0.25, 0.3) is 11.0 Å². The first-order chi connectivity index (χ1) is 16.8. The number of halogens is 3. The summed E-state index contributed by atoms with van der Waals surface area (Å²) in [4.78, 5) is 25.1. The van der Waals surface area contributed by atoms with E-state index in [0.717, 1.165) is 54.7 Å². The topological polar surface area (TPSA) is 64.3 Å². The van der Waals surface area contributed by atoms with E-state index in [2.05, 4.69) is 32.3 Å². The number of nitrogens with one attached hydrogen (secondary N) is 2. The molecule has 0 aliphatic carbocycles. The van der Waals surface area contributed by atoms with E-state index < -0.39 is 11.7 Å². The van der Waals surface area contributed by atoms with E-state index in [1.165, 1.54) is 17.7 Å². The van der Waals surface area contributed by atoms with Gasteiger partial charge in [0.15, 0.2) is 5.82 Å². The number of alkyl halides is 3. The Morgan fingerprint density at radius 1 is 1.09 bits per heavy atom. The summed E-state index contributed by atoms with van der Waals surface area (Å²) in [5.74, 6) is 0.756. The van der Waals surface area contributed by atoms with E-state index in [4.69, 9.17) is 0 Å². The molecule has 186 valence electrons. The molecule has 0 bridgehead atoms. The molecule has 2 N–H and O–H groups in total. The highest BCUT2D eigenvalue weighted by atomic mass is 19.4. The zero-order valence-corrected chi connectivity index (χ0v) is 19.7. The summed E-state index contributed by atoms with van der Waals surface area (Å²) in [6, 6.07) is 11.5. The van der Waals surface area contributed by atoms with E-state index in [0.29, 0.717) is 37.9 Å². The number of fused-ring (bicyclic) bond motifs is 1. The maximum Gasteiger partial charge on any atom is 0.416 e. The lowest BCUT2D eigenvalue weighted by Crippen LogP contribution is -2.53. The van der Waals surface area contributed by atoms with Gasteiger partial charge in [0.05, 0.1) is 16.6 Å². The van der Waals surface area contributed by atoms with Crippen molar-refractivity contribution in [2.24, 2.45) is 0 Å². The highest BCUT2D eigenvalue weighted by molar-refractivity contribution is 5.94. The van der Waals surface area contributed by atoms with Gasteiger partial charge >= 0.3 is 6.18 Å². The standard InChI is InChI=1S/C26H30F3N5O/c1-17-15-33(16-18-2-5-21(6-3-18)26(27,28)29)12-13-34(17)25(35)24-31-22-7-4-20(14-23(22)32-24)19-8-10-30-11-9-19/h2-7,14,17,19,30H,8-13,15-16H2,1H3,(H,31,32)/t17-/m0/s1. The zero-order valence-electron chi connectivity index (χ0n) is 19.7. The highest BCUT2D eigenvalue weighted by Gasteiger charge is 2.31. The first-order valence-corrected chi connectivity index (χ1v) is 12.2. The van der Waals surface area contributed by atoms with Gasteiger partial charge in [0, 0.05) is 32.2 Å². The molecule has 2 aliphatic heterocycles. The Morgan fingerprint density at radius 3 is 2.51 bits per heavy atom. The molecule has 0 spiro atoms. The smallest absolute Gasteiger partial charge is 0.334 e. The Labute approximate surface area is 202 Å². The second-order valence-corrected chi connectivity index (χ2v) is 9.66. The summed E-state index contributed by atoms with van der Waals surface area (Å²) >= 11 is 0. The molecule has 3 heterocycles. The molecule has 2 aromatic carbocycles. The van der Waals surface area contributed by atoms with Crippen LogP contribution in [0.15, 0.2) is 42.5 Å². The molecule has 1 aromatic heterocycles. The van der Waals surface area contributed by atoms with Crippen LogP contribution in [0.3, 0.4) is 0 Å². The molecular formula is C26H30F3N5O. The molecule has 0 saturated carbocycles. The number of piperidine rings is 1. The van der Waals surface area contributed by atoms with Crippen LogP contribution in [0, 0.1) is 0 Å². The van der Waals surface area contributed by atoms with Crippen molar-refractivity contribution >= 4 is 16.9 Å². The maximum absolute atomic E-state index is 13.3. The molecule has 3 aromatic rings. The number of nitrogens with zero attached hydrogens (tertiary/aromatic N) is 3. The molecule has 2 aliphatic rings. The molecule has 1 amide bonds. The average Bonchev–Trinajstić information content (AvgIpc) is 3.28. The number of imidazole rings is 1. The fourth-order valence-corrected chi connectivity index (χ4v) is 5.21. The zero-order chi connectivity index (χ0) is 24.6. The predicted molar refractivity (Wildman–Crippen MR) is 128 cm³/mol. The van der Waals surface area contributed by atoms with Crippen LogP contribution >= 0.6 is 0 Å². The van der Waals surface area contributed by atoms with Crippen LogP contribution in [-0.2, 0) is 12.7 Å². The number of aromatic amines is 1. The minimum atomic E-state index is -4.33. The lowest BCUT2D eigenvalue weighted by Gasteiger charge is -2.39. The van der Waals surface area contributed by atoms with Crippen molar-refractivity contribution in [2.75, 3.05) is 32.7 Å². The quantitative estimate of drug-likeness (QED) is 0.575. The fourth-order valence-electron chi connectivity index (χ4n) is 5.21. The second-order valence-electron chi connectivity index (χ2n) is 9.66. The Morgan fingerprint density at radius 2 is 1.83 bits per heavy atom. The van der Waals surface area contributed by atoms with Crippen LogP contribution < -0.4 is 5.32 Å². The first kappa shape index (κ1) is 23.8. The van der Waals surface area contributed by atoms with Gasteiger partial charge in [-0.1, -0.05) is 18.2 Å². The van der Waals surface area contributed by atoms with Gasteiger partial charge in [-0.25, -0.2) is 4.98 Å². The minimum Gasteiger partial charge on any atom is -0.334 e. The summed E-state index contributed by atoms with van der Waals surface area (Å²) in [7, 11) is 0. The van der Waals surface area contributed by atoms with Crippen molar-refractivity contribution in [1.29, 1.82) is 0 Å². The molecule has 9 heteroatoms. The number of carbonyl (C=O) groups excluding carboxylic acids is 1. The van der Waals surface area contributed by atoms with Gasteiger partial charge < -0.3 is 15.2 Å². The molecule has 6 nitrogen and oxygen atoms in total. The highest BCUT2D eigenvalue weighted by Crippen LogP contribution is 2.30. The number of H-pyrrole nitrogens is 1. The van der Waals surface area contributed by atoms with Gasteiger partial charge in [-0.2, -0.15) is 13.2 Å². The normalized spacial score (nSPS) is 20.5. The van der Waals surface area contributed by atoms with Crippen molar-refractivity contribution < 1.29 is 18.0 Å².